The van der Waals surface area contributed by atoms with Gasteiger partial charge in [0.25, 0.3) is 0 Å². The molecular weight excluding hydrogens is 527 g/mol. The molecule has 0 unspecified atom stereocenters. The number of aliphatic imine (C=N–C) groups is 1. The number of nitrogens with zero attached hydrogens (tertiary/aromatic N) is 1. The lowest BCUT2D eigenvalue weighted by Gasteiger charge is -2.19. The van der Waals surface area contributed by atoms with E-state index in [4.69, 9.17) is 0 Å². The third-order valence-electron chi connectivity index (χ3n) is 4.92. The van der Waals surface area contributed by atoms with Crippen molar-refractivity contribution >= 4 is 41.5 Å². The van der Waals surface area contributed by atoms with Gasteiger partial charge in [-0.2, -0.15) is 0 Å². The van der Waals surface area contributed by atoms with Crippen molar-refractivity contribution in [1.82, 2.24) is 10.6 Å². The van der Waals surface area contributed by atoms with E-state index in [1.165, 1.54) is 12.1 Å². The Bertz CT molecular complexity index is 966. The second-order valence-electron chi connectivity index (χ2n) is 7.11. The molecule has 0 aliphatic heterocycles. The van der Waals surface area contributed by atoms with Crippen LogP contribution in [0.2, 0.25) is 0 Å². The van der Waals surface area contributed by atoms with Gasteiger partial charge >= 0.3 is 0 Å². The largest absolute Gasteiger partial charge is 0.357 e. The highest BCUT2D eigenvalue weighted by Crippen LogP contribution is 2.47. The Morgan fingerprint density at radius 2 is 1.81 bits per heavy atom. The molecule has 1 aliphatic rings. The van der Waals surface area contributed by atoms with Crippen molar-refractivity contribution in [3.8, 4) is 0 Å². The standard InChI is InChI=1S/C21H22F4N4O.HI/c1-2-26-20(28-12-21(8-9-21)13-4-3-5-14(22)10-13)27-11-17(30)29-16-7-6-15(23)18(24)19(16)25;/h3-7,10H,2,8-9,11-12H2,1H3,(H,29,30)(H2,26,27,28);1H. The molecule has 1 amide bonds. The van der Waals surface area contributed by atoms with E-state index in [9.17, 15) is 22.4 Å². The Balaban J connectivity index is 0.00000341. The van der Waals surface area contributed by atoms with Gasteiger partial charge in [0.2, 0.25) is 5.91 Å². The minimum absolute atomic E-state index is 0. The minimum atomic E-state index is -1.65. The number of halogens is 5. The monoisotopic (exact) mass is 550 g/mol. The molecule has 2 aromatic carbocycles. The Hall–Kier alpha value is -2.37. The van der Waals surface area contributed by atoms with Gasteiger partial charge in [-0.3, -0.25) is 4.79 Å². The molecule has 0 radical (unpaired) electrons. The van der Waals surface area contributed by atoms with Crippen LogP contribution in [-0.4, -0.2) is 31.5 Å². The third-order valence-corrected chi connectivity index (χ3v) is 4.92. The van der Waals surface area contributed by atoms with Crippen molar-refractivity contribution in [3.05, 3.63) is 65.2 Å². The predicted octanol–water partition coefficient (Wildman–Crippen LogP) is 4.09. The van der Waals surface area contributed by atoms with Gasteiger partial charge in [0.1, 0.15) is 12.4 Å². The van der Waals surface area contributed by atoms with Gasteiger partial charge in [-0.25, -0.2) is 22.6 Å². The highest BCUT2D eigenvalue weighted by molar-refractivity contribution is 14.0. The van der Waals surface area contributed by atoms with Gasteiger partial charge in [-0.1, -0.05) is 12.1 Å². The summed E-state index contributed by atoms with van der Waals surface area (Å²) in [6, 6.07) is 8.13. The summed E-state index contributed by atoms with van der Waals surface area (Å²) >= 11 is 0. The molecule has 3 N–H and O–H groups in total. The zero-order valence-electron chi connectivity index (χ0n) is 16.8. The van der Waals surface area contributed by atoms with Crippen LogP contribution < -0.4 is 16.0 Å². The molecule has 1 saturated carbocycles. The van der Waals surface area contributed by atoms with Crippen LogP contribution in [0.25, 0.3) is 0 Å². The molecule has 5 nitrogen and oxygen atoms in total. The Kier molecular flexibility index (Phi) is 8.66. The van der Waals surface area contributed by atoms with Crippen LogP contribution >= 0.6 is 24.0 Å². The molecule has 2 aromatic rings. The molecule has 0 bridgehead atoms. The molecule has 10 heteroatoms. The first-order chi connectivity index (χ1) is 14.3. The van der Waals surface area contributed by atoms with Crippen LogP contribution in [0.15, 0.2) is 41.4 Å². The Morgan fingerprint density at radius 1 is 1.06 bits per heavy atom. The quantitative estimate of drug-likeness (QED) is 0.160. The first-order valence-corrected chi connectivity index (χ1v) is 9.56. The van der Waals surface area contributed by atoms with Gasteiger partial charge in [-0.05, 0) is 49.6 Å². The van der Waals surface area contributed by atoms with Gasteiger partial charge in [-0.15, -0.1) is 24.0 Å². The lowest BCUT2D eigenvalue weighted by Crippen LogP contribution is -2.41. The Morgan fingerprint density at radius 3 is 2.45 bits per heavy atom. The molecule has 0 atom stereocenters. The molecule has 3 rings (SSSR count). The van der Waals surface area contributed by atoms with Crippen molar-refractivity contribution in [2.24, 2.45) is 4.99 Å². The van der Waals surface area contributed by atoms with Gasteiger partial charge < -0.3 is 16.0 Å². The van der Waals surface area contributed by atoms with Crippen LogP contribution in [0.4, 0.5) is 23.2 Å². The molecule has 0 heterocycles. The summed E-state index contributed by atoms with van der Waals surface area (Å²) in [5, 5.41) is 8.30. The fraction of sp³-hybridized carbons (Fsp3) is 0.333. The van der Waals surface area contributed by atoms with Gasteiger partial charge in [0.15, 0.2) is 23.4 Å². The summed E-state index contributed by atoms with van der Waals surface area (Å²) in [6.45, 7) is 2.54. The topological polar surface area (TPSA) is 65.5 Å². The zero-order chi connectivity index (χ0) is 21.7. The van der Waals surface area contributed by atoms with Crippen molar-refractivity contribution in [2.75, 3.05) is 25.0 Å². The van der Waals surface area contributed by atoms with E-state index in [1.807, 2.05) is 13.0 Å². The number of hydrogen-bond acceptors (Lipinski definition) is 2. The number of anilines is 1. The maximum Gasteiger partial charge on any atom is 0.246 e. The minimum Gasteiger partial charge on any atom is -0.357 e. The fourth-order valence-corrected chi connectivity index (χ4v) is 3.09. The predicted molar refractivity (Wildman–Crippen MR) is 122 cm³/mol. The number of carbonyl (C=O) groups is 1. The Labute approximate surface area is 194 Å². The number of nitrogens with one attached hydrogen (secondary N) is 3. The number of amides is 1. The van der Waals surface area contributed by atoms with E-state index in [2.05, 4.69) is 20.9 Å². The molecule has 168 valence electrons. The van der Waals surface area contributed by atoms with E-state index in [1.54, 1.807) is 6.07 Å². The van der Waals surface area contributed by atoms with E-state index in [0.29, 0.717) is 19.0 Å². The van der Waals surface area contributed by atoms with E-state index in [-0.39, 0.29) is 41.8 Å². The average Bonchev–Trinajstić information content (AvgIpc) is 3.52. The summed E-state index contributed by atoms with van der Waals surface area (Å²) in [7, 11) is 0. The van der Waals surface area contributed by atoms with E-state index < -0.39 is 29.0 Å². The molecule has 0 spiro atoms. The first kappa shape index (κ1) is 24.9. The second-order valence-corrected chi connectivity index (χ2v) is 7.11. The van der Waals surface area contributed by atoms with Crippen molar-refractivity contribution in [3.63, 3.8) is 0 Å². The smallest absolute Gasteiger partial charge is 0.246 e. The van der Waals surface area contributed by atoms with Crippen molar-refractivity contribution in [1.29, 1.82) is 0 Å². The summed E-state index contributed by atoms with van der Waals surface area (Å²) in [6.07, 6.45) is 1.80. The van der Waals surface area contributed by atoms with Crippen LogP contribution in [0.1, 0.15) is 25.3 Å². The van der Waals surface area contributed by atoms with Crippen LogP contribution in [0.3, 0.4) is 0 Å². The van der Waals surface area contributed by atoms with Crippen molar-refractivity contribution in [2.45, 2.75) is 25.2 Å². The molecule has 0 aromatic heterocycles. The van der Waals surface area contributed by atoms with E-state index in [0.717, 1.165) is 30.5 Å². The molecular formula is C21H23F4IN4O. The SMILES string of the molecule is CCNC(=NCC(=O)Nc1ccc(F)c(F)c1F)NCC1(c2cccc(F)c2)CC1.I. The van der Waals surface area contributed by atoms with Crippen LogP contribution in [-0.2, 0) is 10.2 Å². The molecule has 1 aliphatic carbocycles. The van der Waals surface area contributed by atoms with Gasteiger partial charge in [0, 0.05) is 18.5 Å². The normalized spacial score (nSPS) is 14.4. The number of hydrogen-bond donors (Lipinski definition) is 3. The summed E-state index contributed by atoms with van der Waals surface area (Å²) in [5.74, 6) is -5.08. The second kappa shape index (κ2) is 10.8. The lowest BCUT2D eigenvalue weighted by molar-refractivity contribution is -0.114. The number of rotatable bonds is 7. The average molecular weight is 550 g/mol. The summed E-state index contributed by atoms with van der Waals surface area (Å²) in [5.41, 5.74) is 0.252. The van der Waals surface area contributed by atoms with Gasteiger partial charge in [0.05, 0.1) is 5.69 Å². The first-order valence-electron chi connectivity index (χ1n) is 9.56. The molecule has 0 saturated heterocycles. The number of benzene rings is 2. The number of guanidine groups is 1. The summed E-state index contributed by atoms with van der Waals surface area (Å²) in [4.78, 5) is 16.2. The highest BCUT2D eigenvalue weighted by Gasteiger charge is 2.44. The maximum atomic E-state index is 13.7. The molecule has 31 heavy (non-hydrogen) atoms. The van der Waals surface area contributed by atoms with E-state index >= 15 is 0 Å². The molecule has 1 fully saturated rings. The van der Waals surface area contributed by atoms with Crippen LogP contribution in [0.5, 0.6) is 0 Å². The fourth-order valence-electron chi connectivity index (χ4n) is 3.09. The number of carbonyl (C=O) groups excluding carboxylic acids is 1. The van der Waals surface area contributed by atoms with Crippen molar-refractivity contribution < 1.29 is 22.4 Å². The third kappa shape index (κ3) is 6.31. The maximum absolute atomic E-state index is 13.7. The van der Waals surface area contributed by atoms with Crippen LogP contribution in [0, 0.1) is 23.3 Å². The highest BCUT2D eigenvalue weighted by atomic mass is 127. The summed E-state index contributed by atoms with van der Waals surface area (Å²) < 4.78 is 53.5. The lowest BCUT2D eigenvalue weighted by atomic mass is 9.96. The zero-order valence-corrected chi connectivity index (χ0v) is 19.1.